The third-order valence-electron chi connectivity index (χ3n) is 4.68. The van der Waals surface area contributed by atoms with E-state index in [0.717, 1.165) is 5.56 Å². The van der Waals surface area contributed by atoms with Gasteiger partial charge >= 0.3 is 5.97 Å². The number of hydrogen-bond acceptors (Lipinski definition) is 6. The molecule has 1 heterocycles. The maximum Gasteiger partial charge on any atom is 0.303 e. The van der Waals surface area contributed by atoms with Crippen LogP contribution in [0.15, 0.2) is 59.5 Å². The highest BCUT2D eigenvalue weighted by Crippen LogP contribution is 2.26. The summed E-state index contributed by atoms with van der Waals surface area (Å²) in [4.78, 5) is 11.6. The number of benzene rings is 2. The van der Waals surface area contributed by atoms with Crippen molar-refractivity contribution in [3.05, 3.63) is 65.2 Å². The Balaban J connectivity index is 1.75. The van der Waals surface area contributed by atoms with Crippen LogP contribution in [-0.4, -0.2) is 38.9 Å². The molecular weight excluding hydrogens is 430 g/mol. The van der Waals surface area contributed by atoms with Gasteiger partial charge in [0.15, 0.2) is 6.29 Å². The van der Waals surface area contributed by atoms with Crippen LogP contribution in [0.5, 0.6) is 0 Å². The topological polar surface area (TPSA) is 90.9 Å². The molecule has 0 aliphatic carbocycles. The summed E-state index contributed by atoms with van der Waals surface area (Å²) < 4.78 is 45.4. The summed E-state index contributed by atoms with van der Waals surface area (Å²) in [7, 11) is -3.87. The number of esters is 1. The van der Waals surface area contributed by atoms with Crippen molar-refractivity contribution in [1.29, 1.82) is 0 Å². The number of carbonyl (C=O) groups excluding carboxylic acids is 1. The summed E-state index contributed by atoms with van der Waals surface area (Å²) in [6.45, 7) is 3.30. The second-order valence-electron chi connectivity index (χ2n) is 7.06. The molecule has 1 N–H and O–H groups in total. The molecule has 2 aromatic rings. The van der Waals surface area contributed by atoms with E-state index in [0.29, 0.717) is 11.6 Å². The first-order valence-corrected chi connectivity index (χ1v) is 11.4. The molecule has 0 bridgehead atoms. The zero-order valence-corrected chi connectivity index (χ0v) is 18.2. The van der Waals surface area contributed by atoms with Gasteiger partial charge < -0.3 is 14.2 Å². The Morgan fingerprint density at radius 2 is 1.83 bits per heavy atom. The normalized spacial score (nSPS) is 24.4. The van der Waals surface area contributed by atoms with Gasteiger partial charge in [0.1, 0.15) is 6.10 Å². The molecule has 9 heteroatoms. The lowest BCUT2D eigenvalue weighted by Gasteiger charge is -2.39. The predicted molar refractivity (Wildman–Crippen MR) is 111 cm³/mol. The number of ether oxygens (including phenoxy) is 3. The lowest BCUT2D eigenvalue weighted by Crippen LogP contribution is -2.56. The molecule has 0 spiro atoms. The summed E-state index contributed by atoms with van der Waals surface area (Å²) in [6.07, 6.45) is -1.84. The fraction of sp³-hybridized carbons (Fsp3) is 0.381. The van der Waals surface area contributed by atoms with Gasteiger partial charge in [-0.15, -0.1) is 0 Å². The molecule has 4 atom stereocenters. The zero-order valence-electron chi connectivity index (χ0n) is 16.7. The van der Waals surface area contributed by atoms with Gasteiger partial charge in [0.25, 0.3) is 0 Å². The van der Waals surface area contributed by atoms with Crippen molar-refractivity contribution in [2.24, 2.45) is 0 Å². The Morgan fingerprint density at radius 1 is 1.17 bits per heavy atom. The molecule has 1 aliphatic heterocycles. The molecule has 0 radical (unpaired) electrons. The third-order valence-corrected chi connectivity index (χ3v) is 6.44. The Morgan fingerprint density at radius 3 is 2.47 bits per heavy atom. The van der Waals surface area contributed by atoms with Crippen LogP contribution >= 0.6 is 11.6 Å². The third kappa shape index (κ3) is 6.02. The number of rotatable bonds is 7. The van der Waals surface area contributed by atoms with E-state index in [1.54, 1.807) is 6.92 Å². The quantitative estimate of drug-likeness (QED) is 0.647. The van der Waals surface area contributed by atoms with Crippen molar-refractivity contribution < 1.29 is 27.4 Å². The van der Waals surface area contributed by atoms with Crippen molar-refractivity contribution in [3.8, 4) is 0 Å². The minimum absolute atomic E-state index is 0.0642. The molecular formula is C21H24ClNO6S. The molecule has 0 aromatic heterocycles. The molecule has 2 aromatic carbocycles. The van der Waals surface area contributed by atoms with Gasteiger partial charge in [0.05, 0.1) is 23.6 Å². The first-order chi connectivity index (χ1) is 14.2. The van der Waals surface area contributed by atoms with E-state index in [4.69, 9.17) is 25.8 Å². The summed E-state index contributed by atoms with van der Waals surface area (Å²) in [6, 6.07) is 14.7. The van der Waals surface area contributed by atoms with Crippen LogP contribution in [0.2, 0.25) is 5.02 Å². The summed E-state index contributed by atoms with van der Waals surface area (Å²) in [5.41, 5.74) is 0.967. The average Bonchev–Trinajstić information content (AvgIpc) is 2.70. The molecule has 30 heavy (non-hydrogen) atoms. The van der Waals surface area contributed by atoms with E-state index in [1.165, 1.54) is 31.2 Å². The molecule has 162 valence electrons. The minimum Gasteiger partial charge on any atom is -0.458 e. The van der Waals surface area contributed by atoms with E-state index in [-0.39, 0.29) is 11.3 Å². The largest absolute Gasteiger partial charge is 0.458 e. The van der Waals surface area contributed by atoms with Gasteiger partial charge in [0.2, 0.25) is 10.0 Å². The molecule has 1 aliphatic rings. The van der Waals surface area contributed by atoms with Gasteiger partial charge in [-0.05, 0) is 36.8 Å². The van der Waals surface area contributed by atoms with Gasteiger partial charge in [-0.3, -0.25) is 4.79 Å². The number of halogens is 1. The fourth-order valence-electron chi connectivity index (χ4n) is 3.28. The van der Waals surface area contributed by atoms with Crippen LogP contribution in [0, 0.1) is 0 Å². The second kappa shape index (κ2) is 9.89. The monoisotopic (exact) mass is 453 g/mol. The Bertz CT molecular complexity index is 951. The minimum atomic E-state index is -3.87. The molecule has 0 unspecified atom stereocenters. The first kappa shape index (κ1) is 22.7. The van der Waals surface area contributed by atoms with E-state index >= 15 is 0 Å². The van der Waals surface area contributed by atoms with E-state index < -0.39 is 40.5 Å². The molecule has 1 saturated heterocycles. The highest BCUT2D eigenvalue weighted by molar-refractivity contribution is 7.89. The van der Waals surface area contributed by atoms with Crippen LogP contribution < -0.4 is 4.72 Å². The highest BCUT2D eigenvalue weighted by Gasteiger charge is 2.41. The maximum atomic E-state index is 12.9. The molecule has 3 rings (SSSR count). The zero-order chi connectivity index (χ0) is 21.7. The van der Waals surface area contributed by atoms with E-state index in [9.17, 15) is 13.2 Å². The Hall–Kier alpha value is -1.97. The standard InChI is InChI=1S/C21H24ClNO6S/c1-14-21(29-15(2)24)19(23-30(25,26)18-10-8-17(22)9-11-18)12-20(28-14)27-13-16-6-4-3-5-7-16/h3-11,14,19-21,23H,12-13H2,1-2H3/t14-,19+,20+,21-/m0/s1. The maximum absolute atomic E-state index is 12.9. The van der Waals surface area contributed by atoms with Gasteiger partial charge in [-0.25, -0.2) is 13.1 Å². The van der Waals surface area contributed by atoms with Gasteiger partial charge in [-0.1, -0.05) is 41.9 Å². The van der Waals surface area contributed by atoms with Crippen molar-refractivity contribution in [3.63, 3.8) is 0 Å². The Labute approximate surface area is 181 Å². The fourth-order valence-corrected chi connectivity index (χ4v) is 4.66. The van der Waals surface area contributed by atoms with Crippen LogP contribution in [0.25, 0.3) is 0 Å². The van der Waals surface area contributed by atoms with Crippen LogP contribution in [-0.2, 0) is 35.6 Å². The summed E-state index contributed by atoms with van der Waals surface area (Å²) in [5.74, 6) is -0.519. The number of hydrogen-bond donors (Lipinski definition) is 1. The van der Waals surface area contributed by atoms with Crippen LogP contribution in [0.1, 0.15) is 25.8 Å². The second-order valence-corrected chi connectivity index (χ2v) is 9.21. The van der Waals surface area contributed by atoms with Crippen molar-refractivity contribution in [1.82, 2.24) is 4.72 Å². The smallest absolute Gasteiger partial charge is 0.303 e. The summed E-state index contributed by atoms with van der Waals surface area (Å²) >= 11 is 5.85. The molecule has 0 saturated carbocycles. The van der Waals surface area contributed by atoms with Crippen LogP contribution in [0.3, 0.4) is 0 Å². The van der Waals surface area contributed by atoms with Crippen LogP contribution in [0.4, 0.5) is 0 Å². The van der Waals surface area contributed by atoms with Crippen molar-refractivity contribution in [2.45, 2.75) is 56.3 Å². The number of sulfonamides is 1. The highest BCUT2D eigenvalue weighted by atomic mass is 35.5. The Kier molecular flexibility index (Phi) is 7.49. The van der Waals surface area contributed by atoms with Crippen molar-refractivity contribution in [2.75, 3.05) is 0 Å². The summed E-state index contributed by atoms with van der Waals surface area (Å²) in [5, 5.41) is 0.431. The molecule has 1 fully saturated rings. The molecule has 7 nitrogen and oxygen atoms in total. The van der Waals surface area contributed by atoms with Gasteiger partial charge in [0, 0.05) is 18.4 Å². The SMILES string of the molecule is CC(=O)O[C@H]1[C@H](C)O[C@@H](OCc2ccccc2)C[C@H]1NS(=O)(=O)c1ccc(Cl)cc1. The predicted octanol–water partition coefficient (Wildman–Crippen LogP) is 3.27. The number of nitrogens with one attached hydrogen (secondary N) is 1. The first-order valence-electron chi connectivity index (χ1n) is 9.51. The van der Waals surface area contributed by atoms with E-state index in [2.05, 4.69) is 4.72 Å². The lowest BCUT2D eigenvalue weighted by atomic mass is 10.0. The number of carbonyl (C=O) groups is 1. The molecule has 0 amide bonds. The van der Waals surface area contributed by atoms with E-state index in [1.807, 2.05) is 30.3 Å². The average molecular weight is 454 g/mol. The van der Waals surface area contributed by atoms with Crippen molar-refractivity contribution >= 4 is 27.6 Å². The lowest BCUT2D eigenvalue weighted by molar-refractivity contribution is -0.234. The van der Waals surface area contributed by atoms with Gasteiger partial charge in [-0.2, -0.15) is 0 Å².